The maximum absolute atomic E-state index is 13.0. The van der Waals surface area contributed by atoms with Crippen LogP contribution in [0.5, 0.6) is 0 Å². The number of anilines is 1. The molecule has 29 heavy (non-hydrogen) atoms. The van der Waals surface area contributed by atoms with Crippen molar-refractivity contribution in [3.63, 3.8) is 0 Å². The molecule has 2 heterocycles. The number of benzene rings is 1. The molecule has 0 fully saturated rings. The van der Waals surface area contributed by atoms with Crippen LogP contribution in [-0.2, 0) is 6.54 Å². The van der Waals surface area contributed by atoms with Crippen molar-refractivity contribution in [2.24, 2.45) is 5.10 Å². The fourth-order valence-corrected chi connectivity index (χ4v) is 2.99. The molecule has 0 bridgehead atoms. The number of aromatic nitrogens is 1. The lowest BCUT2D eigenvalue weighted by Crippen LogP contribution is -2.42. The van der Waals surface area contributed by atoms with E-state index in [4.69, 9.17) is 0 Å². The number of halogens is 6. The zero-order valence-corrected chi connectivity index (χ0v) is 14.9. The summed E-state index contributed by atoms with van der Waals surface area (Å²) in [6, 6.07) is 5.36. The Balaban J connectivity index is 1.96. The van der Waals surface area contributed by atoms with Crippen LogP contribution in [0.15, 0.2) is 47.8 Å². The summed E-state index contributed by atoms with van der Waals surface area (Å²) in [4.78, 5) is 17.4. The molecule has 1 aliphatic heterocycles. The Bertz CT molecular complexity index is 912. The normalized spacial score (nSPS) is 15.4. The first-order valence-electron chi connectivity index (χ1n) is 8.24. The topological polar surface area (TPSA) is 48.8 Å². The summed E-state index contributed by atoms with van der Waals surface area (Å²) in [5.74, 6) is -3.62. The molecule has 0 saturated carbocycles. The van der Waals surface area contributed by atoms with E-state index in [2.05, 4.69) is 10.1 Å². The maximum atomic E-state index is 13.0. The smallest absolute Gasteiger partial charge is 0.296 e. The van der Waals surface area contributed by atoms with Gasteiger partial charge in [-0.2, -0.15) is 31.4 Å². The van der Waals surface area contributed by atoms with Crippen molar-refractivity contribution in [2.75, 3.05) is 11.9 Å². The SMILES string of the molecule is CN1C(=O)N(/N=C\c2cccnc2)Cc2cc(C(C(F)(F)F)C(F)(F)F)ccc21. The van der Waals surface area contributed by atoms with E-state index < -0.39 is 29.9 Å². The second-order valence-electron chi connectivity index (χ2n) is 6.33. The predicted octanol–water partition coefficient (Wildman–Crippen LogP) is 4.70. The van der Waals surface area contributed by atoms with Crippen LogP contribution in [-0.4, -0.2) is 41.6 Å². The first-order valence-corrected chi connectivity index (χ1v) is 8.24. The van der Waals surface area contributed by atoms with Gasteiger partial charge in [0, 0.05) is 25.0 Å². The maximum Gasteiger partial charge on any atom is 0.404 e. The molecule has 0 spiro atoms. The number of hydrogen-bond donors (Lipinski definition) is 0. The van der Waals surface area contributed by atoms with Crippen LogP contribution in [0.3, 0.4) is 0 Å². The molecular formula is C18H14F6N4O. The van der Waals surface area contributed by atoms with Crippen LogP contribution in [0.25, 0.3) is 0 Å². The molecule has 0 unspecified atom stereocenters. The largest absolute Gasteiger partial charge is 0.404 e. The summed E-state index contributed by atoms with van der Waals surface area (Å²) >= 11 is 0. The number of hydrazone groups is 1. The molecule has 2 amide bonds. The zero-order valence-electron chi connectivity index (χ0n) is 14.9. The van der Waals surface area contributed by atoms with Crippen LogP contribution in [0.2, 0.25) is 0 Å². The molecule has 1 aromatic heterocycles. The highest BCUT2D eigenvalue weighted by atomic mass is 19.4. The number of hydrogen-bond acceptors (Lipinski definition) is 3. The van der Waals surface area contributed by atoms with E-state index in [0.29, 0.717) is 5.56 Å². The lowest BCUT2D eigenvalue weighted by atomic mass is 9.94. The number of rotatable bonds is 3. The van der Waals surface area contributed by atoms with Gasteiger partial charge in [0.15, 0.2) is 5.92 Å². The number of carbonyl (C=O) groups is 1. The number of amides is 2. The summed E-state index contributed by atoms with van der Waals surface area (Å²) in [5.41, 5.74) is -0.0412. The van der Waals surface area contributed by atoms with Gasteiger partial charge in [-0.05, 0) is 23.3 Å². The highest BCUT2D eigenvalue weighted by Gasteiger charge is 2.57. The molecule has 0 saturated heterocycles. The van der Waals surface area contributed by atoms with E-state index in [1.54, 1.807) is 12.1 Å². The standard InChI is InChI=1S/C18H14F6N4O/c1-27-14-5-4-12(15(17(19,20)21)18(22,23)24)7-13(14)10-28(16(27)29)26-9-11-3-2-6-25-8-11/h2-9,15H,10H2,1H3/b26-9-. The number of alkyl halides is 6. The Morgan fingerprint density at radius 1 is 1.14 bits per heavy atom. The van der Waals surface area contributed by atoms with Gasteiger partial charge in [-0.15, -0.1) is 0 Å². The first-order chi connectivity index (χ1) is 13.5. The molecule has 0 radical (unpaired) electrons. The minimum absolute atomic E-state index is 0.117. The number of pyridine rings is 1. The lowest BCUT2D eigenvalue weighted by molar-refractivity contribution is -0.253. The van der Waals surface area contributed by atoms with Crippen molar-refractivity contribution >= 4 is 17.9 Å². The Morgan fingerprint density at radius 3 is 2.41 bits per heavy atom. The quantitative estimate of drug-likeness (QED) is 0.538. The Labute approximate surface area is 161 Å². The molecule has 0 atom stereocenters. The van der Waals surface area contributed by atoms with Crippen LogP contribution in [0.1, 0.15) is 22.6 Å². The second-order valence-corrected chi connectivity index (χ2v) is 6.33. The summed E-state index contributed by atoms with van der Waals surface area (Å²) < 4.78 is 78.2. The molecule has 0 N–H and O–H groups in total. The van der Waals surface area contributed by atoms with Gasteiger partial charge in [-0.25, -0.2) is 9.80 Å². The van der Waals surface area contributed by atoms with Crippen LogP contribution >= 0.6 is 0 Å². The number of fused-ring (bicyclic) bond motifs is 1. The van der Waals surface area contributed by atoms with Gasteiger partial charge in [0.25, 0.3) is 0 Å². The molecule has 0 aliphatic carbocycles. The lowest BCUT2D eigenvalue weighted by Gasteiger charge is -2.33. The molecule has 3 rings (SSSR count). The van der Waals surface area contributed by atoms with Gasteiger partial charge < -0.3 is 0 Å². The van der Waals surface area contributed by atoms with Crippen molar-refractivity contribution in [2.45, 2.75) is 24.8 Å². The minimum atomic E-state index is -5.50. The van der Waals surface area contributed by atoms with E-state index in [-0.39, 0.29) is 17.8 Å². The van der Waals surface area contributed by atoms with E-state index in [0.717, 1.165) is 28.1 Å². The third-order valence-electron chi connectivity index (χ3n) is 4.31. The summed E-state index contributed by atoms with van der Waals surface area (Å²) in [6.45, 7) is -0.272. The fraction of sp³-hybridized carbons (Fsp3) is 0.278. The summed E-state index contributed by atoms with van der Waals surface area (Å²) in [5, 5.41) is 4.94. The molecular weight excluding hydrogens is 402 g/mol. The highest BCUT2D eigenvalue weighted by Crippen LogP contribution is 2.47. The molecule has 2 aromatic rings. The van der Waals surface area contributed by atoms with Gasteiger partial charge in [-0.1, -0.05) is 18.2 Å². The number of nitrogens with zero attached hydrogens (tertiary/aromatic N) is 4. The van der Waals surface area contributed by atoms with Crippen molar-refractivity contribution < 1.29 is 31.1 Å². The second kappa shape index (κ2) is 7.37. The van der Waals surface area contributed by atoms with Crippen molar-refractivity contribution in [1.82, 2.24) is 9.99 Å². The predicted molar refractivity (Wildman–Crippen MR) is 92.5 cm³/mol. The molecule has 5 nitrogen and oxygen atoms in total. The van der Waals surface area contributed by atoms with Gasteiger partial charge in [0.05, 0.1) is 18.4 Å². The van der Waals surface area contributed by atoms with Gasteiger partial charge in [0.2, 0.25) is 0 Å². The Morgan fingerprint density at radius 2 is 1.83 bits per heavy atom. The number of carbonyl (C=O) groups excluding carboxylic acids is 1. The molecule has 1 aromatic carbocycles. The molecule has 1 aliphatic rings. The van der Waals surface area contributed by atoms with E-state index in [1.165, 1.54) is 25.7 Å². The Kier molecular flexibility index (Phi) is 5.24. The van der Waals surface area contributed by atoms with Crippen molar-refractivity contribution in [3.05, 3.63) is 59.4 Å². The summed E-state index contributed by atoms with van der Waals surface area (Å²) in [6.07, 6.45) is -6.67. The average Bonchev–Trinajstić information content (AvgIpc) is 2.62. The van der Waals surface area contributed by atoms with Crippen molar-refractivity contribution in [1.29, 1.82) is 0 Å². The third-order valence-corrected chi connectivity index (χ3v) is 4.31. The van der Waals surface area contributed by atoms with E-state index in [9.17, 15) is 31.1 Å². The first kappa shape index (κ1) is 20.6. The van der Waals surface area contributed by atoms with Gasteiger partial charge in [0.1, 0.15) is 0 Å². The Hall–Kier alpha value is -3.11. The van der Waals surface area contributed by atoms with E-state index >= 15 is 0 Å². The van der Waals surface area contributed by atoms with Crippen LogP contribution in [0.4, 0.5) is 36.8 Å². The van der Waals surface area contributed by atoms with Crippen LogP contribution < -0.4 is 4.90 Å². The minimum Gasteiger partial charge on any atom is -0.296 e. The van der Waals surface area contributed by atoms with Gasteiger partial charge >= 0.3 is 18.4 Å². The third kappa shape index (κ3) is 4.33. The van der Waals surface area contributed by atoms with Crippen LogP contribution in [0, 0.1) is 0 Å². The fourth-order valence-electron chi connectivity index (χ4n) is 2.99. The summed E-state index contributed by atoms with van der Waals surface area (Å²) in [7, 11) is 1.36. The molecule has 11 heteroatoms. The monoisotopic (exact) mass is 416 g/mol. The van der Waals surface area contributed by atoms with E-state index in [1.807, 2.05) is 0 Å². The average molecular weight is 416 g/mol. The highest BCUT2D eigenvalue weighted by molar-refractivity contribution is 5.95. The number of urea groups is 1. The van der Waals surface area contributed by atoms with Crippen molar-refractivity contribution in [3.8, 4) is 0 Å². The molecule has 154 valence electrons. The van der Waals surface area contributed by atoms with Gasteiger partial charge in [-0.3, -0.25) is 9.88 Å². The zero-order chi connectivity index (χ0) is 21.4.